The number of alkyl halides is 21. The van der Waals surface area contributed by atoms with E-state index < -0.39 is 60.5 Å². The van der Waals surface area contributed by atoms with Crippen LogP contribution in [0.3, 0.4) is 0 Å². The normalized spacial score (nSPS) is 16.5. The number of hydrogen-bond acceptors (Lipinski definition) is 0. The van der Waals surface area contributed by atoms with Gasteiger partial charge in [-0.05, 0) is 0 Å². The maximum absolute atomic E-state index is 13.4. The van der Waals surface area contributed by atoms with Crippen LogP contribution in [0, 0.1) is 0 Å². The lowest BCUT2D eigenvalue weighted by atomic mass is 9.32. The molecule has 0 saturated heterocycles. The van der Waals surface area contributed by atoms with Crippen molar-refractivity contribution in [2.45, 2.75) is 53.8 Å². The van der Waals surface area contributed by atoms with E-state index >= 15 is 0 Å². The van der Waals surface area contributed by atoms with Crippen LogP contribution in [-0.4, -0.2) is 60.5 Å². The highest BCUT2D eigenvalue weighted by atomic mass is 19.4. The fraction of sp³-hybridized carbons (Fsp3) is 1.00. The first-order chi connectivity index (χ1) is 12.9. The lowest BCUT2D eigenvalue weighted by Gasteiger charge is -2.43. The zero-order chi connectivity index (χ0) is 26.1. The van der Waals surface area contributed by atoms with Crippen molar-refractivity contribution in [3.8, 4) is 0 Å². The molecule has 22 heteroatoms. The monoisotopic (exact) mass is 518 g/mol. The van der Waals surface area contributed by atoms with Crippen LogP contribution < -0.4 is 0 Å². The highest BCUT2D eigenvalue weighted by molar-refractivity contribution is 6.67. The van der Waals surface area contributed by atoms with Gasteiger partial charge in [-0.25, -0.2) is 26.3 Å². The average molecular weight is 518 g/mol. The molecule has 0 heterocycles. The second-order valence-corrected chi connectivity index (χ2v) is 5.52. The van der Waals surface area contributed by atoms with Crippen LogP contribution in [0.15, 0.2) is 0 Å². The van der Waals surface area contributed by atoms with Gasteiger partial charge in [0.1, 0.15) is 0 Å². The molecule has 0 N–H and O–H groups in total. The molecule has 186 valence electrons. The van der Waals surface area contributed by atoms with E-state index in [4.69, 9.17) is 0 Å². The molecule has 0 aliphatic carbocycles. The van der Waals surface area contributed by atoms with E-state index in [1.165, 1.54) is 0 Å². The summed E-state index contributed by atoms with van der Waals surface area (Å²) in [7, 11) is 0. The molecule has 0 aromatic rings. The Bertz CT molecular complexity index is 555. The van der Waals surface area contributed by atoms with Gasteiger partial charge >= 0.3 is 60.5 Å². The minimum atomic E-state index is -8.80. The van der Waals surface area contributed by atoms with Crippen molar-refractivity contribution in [2.24, 2.45) is 0 Å². The van der Waals surface area contributed by atoms with E-state index in [2.05, 4.69) is 0 Å². The molecule has 0 radical (unpaired) electrons. The molecule has 0 bridgehead atoms. The van der Waals surface area contributed by atoms with Gasteiger partial charge in [-0.3, -0.25) is 0 Å². The van der Waals surface area contributed by atoms with E-state index in [-0.39, 0.29) is 0 Å². The van der Waals surface area contributed by atoms with Gasteiger partial charge in [-0.2, -0.15) is 65.9 Å². The third kappa shape index (κ3) is 4.06. The molecular formula is C9BF21. The molecule has 0 fully saturated rings. The Kier molecular flexibility index (Phi) is 6.73. The third-order valence-corrected chi connectivity index (χ3v) is 3.41. The third-order valence-electron chi connectivity index (χ3n) is 3.41. The minimum absolute atomic E-state index is 7.91. The highest BCUT2D eigenvalue weighted by Crippen LogP contribution is 2.61. The van der Waals surface area contributed by atoms with Gasteiger partial charge in [-0.15, -0.1) is 0 Å². The second kappa shape index (κ2) is 7.04. The summed E-state index contributed by atoms with van der Waals surface area (Å²) in [5, 5.41) is 0. The van der Waals surface area contributed by atoms with E-state index in [1.807, 2.05) is 0 Å². The van der Waals surface area contributed by atoms with Crippen molar-refractivity contribution in [1.29, 1.82) is 0 Å². The molecule has 0 spiro atoms. The molecule has 0 aromatic carbocycles. The molecule has 0 unspecified atom stereocenters. The van der Waals surface area contributed by atoms with Crippen molar-refractivity contribution < 1.29 is 92.2 Å². The van der Waals surface area contributed by atoms with Crippen LogP contribution in [0.2, 0.25) is 0 Å². The Morgan fingerprint density at radius 2 is 0.387 bits per heavy atom. The zero-order valence-electron chi connectivity index (χ0n) is 13.0. The smallest absolute Gasteiger partial charge is 0.210 e. The van der Waals surface area contributed by atoms with Crippen molar-refractivity contribution in [2.75, 3.05) is 0 Å². The van der Waals surface area contributed by atoms with Gasteiger partial charge in [0.25, 0.3) is 0 Å². The molecule has 0 amide bonds. The molecule has 0 rings (SSSR count). The van der Waals surface area contributed by atoms with Crippen molar-refractivity contribution in [3.05, 3.63) is 0 Å². The maximum atomic E-state index is 13.4. The summed E-state index contributed by atoms with van der Waals surface area (Å²) in [6, 6.07) is 0. The Hall–Kier alpha value is -1.41. The summed E-state index contributed by atoms with van der Waals surface area (Å²) >= 11 is 0. The van der Waals surface area contributed by atoms with Gasteiger partial charge in [0.15, 0.2) is 0 Å². The first-order valence-electron chi connectivity index (χ1n) is 6.33. The van der Waals surface area contributed by atoms with Crippen molar-refractivity contribution in [1.82, 2.24) is 0 Å². The number of rotatable bonds is 6. The second-order valence-electron chi connectivity index (χ2n) is 5.52. The fourth-order valence-corrected chi connectivity index (χ4v) is 1.79. The standard InChI is InChI=1S/C9BF21/c11-1(12,7(23,24)25)4(17,18)10(5(19,20)2(13,14)8(26,27)28)6(21,22)3(15,16)9(29,30)31. The molecule has 0 aliphatic heterocycles. The highest BCUT2D eigenvalue weighted by Gasteiger charge is 2.95. The summed E-state index contributed by atoms with van der Waals surface area (Å²) in [4.78, 5) is 0. The summed E-state index contributed by atoms with van der Waals surface area (Å²) in [5.41, 5.74) is 0. The van der Waals surface area contributed by atoms with Crippen molar-refractivity contribution >= 4 is 6.71 Å². The average Bonchev–Trinajstić information content (AvgIpc) is 2.41. The fourth-order valence-electron chi connectivity index (χ4n) is 1.79. The van der Waals surface area contributed by atoms with Crippen LogP contribution in [0.1, 0.15) is 0 Å². The minimum Gasteiger partial charge on any atom is -0.210 e. The van der Waals surface area contributed by atoms with E-state index in [1.54, 1.807) is 0 Å². The Morgan fingerprint density at radius 3 is 0.484 bits per heavy atom. The van der Waals surface area contributed by atoms with E-state index in [9.17, 15) is 92.2 Å². The predicted molar refractivity (Wildman–Crippen MR) is 53.6 cm³/mol. The quantitative estimate of drug-likeness (QED) is 0.275. The van der Waals surface area contributed by atoms with Crippen LogP contribution in [0.4, 0.5) is 92.2 Å². The lowest BCUT2D eigenvalue weighted by Crippen LogP contribution is -2.80. The van der Waals surface area contributed by atoms with Gasteiger partial charge in [-0.1, -0.05) is 0 Å². The lowest BCUT2D eigenvalue weighted by molar-refractivity contribution is -0.364. The summed E-state index contributed by atoms with van der Waals surface area (Å²) in [5.74, 6) is -52.0. The maximum Gasteiger partial charge on any atom is 0.458 e. The SMILES string of the molecule is FC(F)(F)C(F)(F)C(F)(F)B(C(F)(F)C(F)(F)C(F)(F)F)C(F)(F)C(F)(F)C(F)(F)F. The number of hydrogen-bond donors (Lipinski definition) is 0. The molecule has 0 saturated carbocycles. The first kappa shape index (κ1) is 29.6. The Balaban J connectivity index is 7.52. The number of halogens is 21. The molecule has 0 aliphatic rings. The molecular weight excluding hydrogens is 518 g/mol. The van der Waals surface area contributed by atoms with Crippen LogP contribution in [0.25, 0.3) is 0 Å². The van der Waals surface area contributed by atoms with Gasteiger partial charge in [0.2, 0.25) is 0 Å². The van der Waals surface area contributed by atoms with Gasteiger partial charge < -0.3 is 0 Å². The van der Waals surface area contributed by atoms with Gasteiger partial charge in [0.05, 0.1) is 0 Å². The van der Waals surface area contributed by atoms with E-state index in [0.29, 0.717) is 0 Å². The zero-order valence-corrected chi connectivity index (χ0v) is 13.0. The molecule has 0 nitrogen and oxygen atoms in total. The Morgan fingerprint density at radius 1 is 0.258 bits per heavy atom. The summed E-state index contributed by atoms with van der Waals surface area (Å²) in [6.07, 6.45) is -24.3. The largest absolute Gasteiger partial charge is 0.458 e. The van der Waals surface area contributed by atoms with E-state index in [0.717, 1.165) is 0 Å². The molecule has 0 atom stereocenters. The predicted octanol–water partition coefficient (Wildman–Crippen LogP) is 6.60. The first-order valence-corrected chi connectivity index (χ1v) is 6.33. The van der Waals surface area contributed by atoms with Crippen LogP contribution in [0.5, 0.6) is 0 Å². The van der Waals surface area contributed by atoms with Gasteiger partial charge in [0, 0.05) is 0 Å². The summed E-state index contributed by atoms with van der Waals surface area (Å²) in [6.45, 7) is -7.91. The summed E-state index contributed by atoms with van der Waals surface area (Å²) < 4.78 is 265. The molecule has 0 aromatic heterocycles. The van der Waals surface area contributed by atoms with Crippen LogP contribution in [-0.2, 0) is 0 Å². The van der Waals surface area contributed by atoms with Crippen molar-refractivity contribution in [3.63, 3.8) is 0 Å². The van der Waals surface area contributed by atoms with Crippen LogP contribution >= 0.6 is 0 Å². The topological polar surface area (TPSA) is 0 Å². The Labute approximate surface area is 154 Å². The molecule has 31 heavy (non-hydrogen) atoms.